The molecule has 0 aliphatic heterocycles. The van der Waals surface area contributed by atoms with Crippen molar-refractivity contribution in [1.29, 1.82) is 0 Å². The highest BCUT2D eigenvalue weighted by molar-refractivity contribution is 4.51. The molecule has 0 aliphatic carbocycles. The fraction of sp³-hybridized carbons (Fsp3) is 1.00. The SMILES string of the molecule is CC(O)CO.CCCCCCCCCCCCCCCCOCCCCCCCCCCCCCCCC. The zero-order chi connectivity index (χ0) is 28.2. The predicted octanol–water partition coefficient (Wildman–Crippen LogP) is 11.3. The van der Waals surface area contributed by atoms with Crippen LogP contribution in [0, 0.1) is 0 Å². The molecule has 0 fully saturated rings. The first-order valence-corrected chi connectivity index (χ1v) is 17.6. The molecule has 3 nitrogen and oxygen atoms in total. The van der Waals surface area contributed by atoms with Crippen molar-refractivity contribution in [2.45, 2.75) is 207 Å². The van der Waals surface area contributed by atoms with E-state index in [0.717, 1.165) is 13.2 Å². The van der Waals surface area contributed by atoms with Gasteiger partial charge in [0.2, 0.25) is 0 Å². The summed E-state index contributed by atoms with van der Waals surface area (Å²) in [5.41, 5.74) is 0. The van der Waals surface area contributed by atoms with Crippen molar-refractivity contribution < 1.29 is 14.9 Å². The van der Waals surface area contributed by atoms with Crippen LogP contribution in [0.4, 0.5) is 0 Å². The van der Waals surface area contributed by atoms with Crippen molar-refractivity contribution >= 4 is 0 Å². The van der Waals surface area contributed by atoms with Crippen LogP contribution in [0.5, 0.6) is 0 Å². The van der Waals surface area contributed by atoms with Crippen molar-refractivity contribution in [3.05, 3.63) is 0 Å². The Bertz CT molecular complexity index is 342. The highest BCUT2D eigenvalue weighted by Gasteiger charge is 1.96. The fourth-order valence-electron chi connectivity index (χ4n) is 4.90. The molecule has 0 saturated heterocycles. The van der Waals surface area contributed by atoms with Crippen LogP contribution in [0.15, 0.2) is 0 Å². The molecule has 0 aromatic heterocycles. The average molecular weight is 543 g/mol. The third kappa shape index (κ3) is 43.0. The first-order valence-electron chi connectivity index (χ1n) is 17.6. The maximum absolute atomic E-state index is 8.11. The summed E-state index contributed by atoms with van der Waals surface area (Å²) in [5.74, 6) is 0. The van der Waals surface area contributed by atoms with E-state index in [9.17, 15) is 0 Å². The van der Waals surface area contributed by atoms with Crippen molar-refractivity contribution in [1.82, 2.24) is 0 Å². The number of aliphatic hydroxyl groups is 2. The highest BCUT2D eigenvalue weighted by atomic mass is 16.5. The number of ether oxygens (including phenoxy) is 1. The molecule has 1 atom stereocenters. The molecule has 1 unspecified atom stereocenters. The largest absolute Gasteiger partial charge is 0.394 e. The van der Waals surface area contributed by atoms with Gasteiger partial charge in [0, 0.05) is 13.2 Å². The maximum atomic E-state index is 8.11. The first kappa shape index (κ1) is 40.0. The monoisotopic (exact) mass is 543 g/mol. The Morgan fingerprint density at radius 2 is 0.579 bits per heavy atom. The van der Waals surface area contributed by atoms with Crippen LogP contribution in [-0.2, 0) is 4.74 Å². The second-order valence-corrected chi connectivity index (χ2v) is 11.8. The topological polar surface area (TPSA) is 49.7 Å². The van der Waals surface area contributed by atoms with Gasteiger partial charge in [-0.3, -0.25) is 0 Å². The second kappa shape index (κ2) is 39.0. The lowest BCUT2D eigenvalue weighted by atomic mass is 10.0. The van der Waals surface area contributed by atoms with Crippen LogP contribution < -0.4 is 0 Å². The Balaban J connectivity index is 0. The second-order valence-electron chi connectivity index (χ2n) is 11.8. The Morgan fingerprint density at radius 1 is 0.395 bits per heavy atom. The summed E-state index contributed by atoms with van der Waals surface area (Å²) in [7, 11) is 0. The third-order valence-electron chi connectivity index (χ3n) is 7.55. The van der Waals surface area contributed by atoms with E-state index in [1.165, 1.54) is 187 Å². The molecule has 0 aromatic carbocycles. The Morgan fingerprint density at radius 3 is 0.763 bits per heavy atom. The predicted molar refractivity (Wildman–Crippen MR) is 170 cm³/mol. The van der Waals surface area contributed by atoms with Crippen LogP contribution in [0.1, 0.15) is 201 Å². The lowest BCUT2D eigenvalue weighted by Crippen LogP contribution is -2.03. The smallest absolute Gasteiger partial charge is 0.0742 e. The van der Waals surface area contributed by atoms with Crippen molar-refractivity contribution in [2.24, 2.45) is 0 Å². The van der Waals surface area contributed by atoms with Gasteiger partial charge in [-0.25, -0.2) is 0 Å². The highest BCUT2D eigenvalue weighted by Crippen LogP contribution is 2.14. The van der Waals surface area contributed by atoms with Gasteiger partial charge in [-0.1, -0.05) is 181 Å². The number of unbranched alkanes of at least 4 members (excludes halogenated alkanes) is 26. The molecule has 3 heteroatoms. The molecule has 0 bridgehead atoms. The van der Waals surface area contributed by atoms with E-state index < -0.39 is 6.10 Å². The van der Waals surface area contributed by atoms with E-state index in [1.54, 1.807) is 0 Å². The molecule has 0 saturated carbocycles. The number of aliphatic hydroxyl groups excluding tert-OH is 2. The zero-order valence-corrected chi connectivity index (χ0v) is 26.8. The van der Waals surface area contributed by atoms with E-state index in [1.807, 2.05) is 0 Å². The quantitative estimate of drug-likeness (QED) is 0.0856. The molecule has 0 rings (SSSR count). The minimum absolute atomic E-state index is 0.139. The number of hydrogen-bond donors (Lipinski definition) is 2. The summed E-state index contributed by atoms with van der Waals surface area (Å²) in [6.45, 7) is 7.98. The molecular weight excluding hydrogens is 468 g/mol. The standard InChI is InChI=1S/C32H66O.C3H8O2/c1-3-5-7-9-11-13-15-17-19-21-23-25-27-29-31-33-32-30-28-26-24-22-20-18-16-14-12-10-8-6-4-2;1-3(5)2-4/h3-32H2,1-2H3;3-5H,2H2,1H3. The van der Waals surface area contributed by atoms with Gasteiger partial charge in [0.15, 0.2) is 0 Å². The lowest BCUT2D eigenvalue weighted by Gasteiger charge is -2.05. The normalized spacial score (nSPS) is 11.9. The van der Waals surface area contributed by atoms with Gasteiger partial charge in [0.25, 0.3) is 0 Å². The zero-order valence-electron chi connectivity index (χ0n) is 26.8. The number of hydrogen-bond acceptors (Lipinski definition) is 3. The molecule has 0 heterocycles. The molecule has 0 spiro atoms. The minimum Gasteiger partial charge on any atom is -0.394 e. The van der Waals surface area contributed by atoms with Crippen molar-refractivity contribution in [3.8, 4) is 0 Å². The minimum atomic E-state index is -0.560. The Labute approximate surface area is 241 Å². The van der Waals surface area contributed by atoms with E-state index in [-0.39, 0.29) is 6.61 Å². The molecule has 38 heavy (non-hydrogen) atoms. The fourth-order valence-corrected chi connectivity index (χ4v) is 4.90. The van der Waals surface area contributed by atoms with Crippen molar-refractivity contribution in [2.75, 3.05) is 19.8 Å². The molecule has 0 radical (unpaired) electrons. The maximum Gasteiger partial charge on any atom is 0.0742 e. The van der Waals surface area contributed by atoms with Crippen LogP contribution in [-0.4, -0.2) is 36.1 Å². The summed E-state index contributed by atoms with van der Waals surface area (Å²) >= 11 is 0. The third-order valence-corrected chi connectivity index (χ3v) is 7.55. The number of rotatable bonds is 31. The van der Waals surface area contributed by atoms with Crippen LogP contribution >= 0.6 is 0 Å². The summed E-state index contributed by atoms with van der Waals surface area (Å²) in [6.07, 6.45) is 39.5. The molecule has 232 valence electrons. The van der Waals surface area contributed by atoms with Gasteiger partial charge >= 0.3 is 0 Å². The van der Waals surface area contributed by atoms with Crippen LogP contribution in [0.3, 0.4) is 0 Å². The molecule has 0 aliphatic rings. The molecule has 2 N–H and O–H groups in total. The van der Waals surface area contributed by atoms with E-state index in [2.05, 4.69) is 13.8 Å². The summed E-state index contributed by atoms with van der Waals surface area (Å²) < 4.78 is 5.85. The van der Waals surface area contributed by atoms with Gasteiger partial charge in [-0.2, -0.15) is 0 Å². The van der Waals surface area contributed by atoms with Gasteiger partial charge in [0.1, 0.15) is 0 Å². The van der Waals surface area contributed by atoms with Crippen LogP contribution in [0.25, 0.3) is 0 Å². The van der Waals surface area contributed by atoms with E-state index in [0.29, 0.717) is 0 Å². The van der Waals surface area contributed by atoms with Crippen LogP contribution in [0.2, 0.25) is 0 Å². The molecular formula is C35H74O3. The Hall–Kier alpha value is -0.120. The lowest BCUT2D eigenvalue weighted by molar-refractivity contribution is 0.110. The Kier molecular flexibility index (Phi) is 41.1. The van der Waals surface area contributed by atoms with Gasteiger partial charge in [0.05, 0.1) is 12.7 Å². The van der Waals surface area contributed by atoms with Gasteiger partial charge < -0.3 is 14.9 Å². The average Bonchev–Trinajstić information content (AvgIpc) is 2.92. The van der Waals surface area contributed by atoms with Gasteiger partial charge in [-0.15, -0.1) is 0 Å². The summed E-state index contributed by atoms with van der Waals surface area (Å²) in [4.78, 5) is 0. The van der Waals surface area contributed by atoms with Gasteiger partial charge in [-0.05, 0) is 19.8 Å². The van der Waals surface area contributed by atoms with Crippen molar-refractivity contribution in [3.63, 3.8) is 0 Å². The van der Waals surface area contributed by atoms with E-state index in [4.69, 9.17) is 14.9 Å². The summed E-state index contributed by atoms with van der Waals surface area (Å²) in [5, 5.41) is 16.0. The molecule has 0 amide bonds. The molecule has 0 aromatic rings. The summed E-state index contributed by atoms with van der Waals surface area (Å²) in [6, 6.07) is 0. The first-order chi connectivity index (χ1) is 18.7. The van der Waals surface area contributed by atoms with E-state index >= 15 is 0 Å².